The van der Waals surface area contributed by atoms with Gasteiger partial charge in [-0.1, -0.05) is 6.07 Å². The van der Waals surface area contributed by atoms with E-state index >= 15 is 0 Å². The molecule has 6 heteroatoms. The fourth-order valence-corrected chi connectivity index (χ4v) is 5.32. The summed E-state index contributed by atoms with van der Waals surface area (Å²) in [5.41, 5.74) is 3.44. The summed E-state index contributed by atoms with van der Waals surface area (Å²) in [6.45, 7) is 1.85. The molecule has 2 aliphatic rings. The lowest BCUT2D eigenvalue weighted by atomic mass is 9.79. The van der Waals surface area contributed by atoms with Gasteiger partial charge in [0.15, 0.2) is 0 Å². The first-order valence-electron chi connectivity index (χ1n) is 9.43. The van der Waals surface area contributed by atoms with Crippen molar-refractivity contribution in [1.82, 2.24) is 19.7 Å². The van der Waals surface area contributed by atoms with E-state index in [0.717, 1.165) is 24.2 Å². The van der Waals surface area contributed by atoms with Crippen LogP contribution in [0, 0.1) is 0 Å². The Morgan fingerprint density at radius 2 is 1.96 bits per heavy atom. The third-order valence-electron chi connectivity index (χ3n) is 5.88. The van der Waals surface area contributed by atoms with E-state index in [2.05, 4.69) is 28.2 Å². The molecule has 1 saturated heterocycles. The van der Waals surface area contributed by atoms with Gasteiger partial charge in [0.25, 0.3) is 0 Å². The summed E-state index contributed by atoms with van der Waals surface area (Å²) in [5.74, 6) is 0.572. The minimum absolute atomic E-state index is 0.572. The molecule has 3 aromatic rings. The summed E-state index contributed by atoms with van der Waals surface area (Å²) < 4.78 is 16.4. The number of thiazole rings is 1. The molecule has 0 atom stereocenters. The largest absolute Gasteiger partial charge is 0.300 e. The number of hydrogen-bond donors (Lipinski definition) is 0. The maximum absolute atomic E-state index is 13.3. The average Bonchev–Trinajstić information content (AvgIpc) is 3.20. The molecule has 0 bridgehead atoms. The number of benzene rings is 1. The number of aryl methyl sites for hydroxylation is 1. The fourth-order valence-electron chi connectivity index (χ4n) is 4.19. The van der Waals surface area contributed by atoms with Crippen LogP contribution in [0.25, 0.3) is 21.3 Å². The van der Waals surface area contributed by atoms with Crippen LogP contribution in [-0.4, -0.2) is 45.0 Å². The predicted octanol–water partition coefficient (Wildman–Crippen LogP) is 4.38. The summed E-state index contributed by atoms with van der Waals surface area (Å²) >= 11 is 1.83. The number of nitrogens with zero attached hydrogens (tertiary/aromatic N) is 4. The summed E-state index contributed by atoms with van der Waals surface area (Å²) in [5, 5.41) is 5.53. The second-order valence-corrected chi connectivity index (χ2v) is 8.73. The first-order chi connectivity index (χ1) is 12.7. The molecule has 26 heavy (non-hydrogen) atoms. The van der Waals surface area contributed by atoms with Crippen molar-refractivity contribution < 1.29 is 4.39 Å². The number of alkyl halides is 1. The molecule has 2 fully saturated rings. The molecule has 1 aromatic carbocycles. The van der Waals surface area contributed by atoms with Crippen LogP contribution in [0.15, 0.2) is 30.6 Å². The number of likely N-dealkylation sites (tertiary alicyclic amines) is 1. The van der Waals surface area contributed by atoms with Crippen molar-refractivity contribution in [3.05, 3.63) is 35.6 Å². The highest BCUT2D eigenvalue weighted by Gasteiger charge is 2.37. The van der Waals surface area contributed by atoms with Gasteiger partial charge in [0.1, 0.15) is 6.17 Å². The Hall–Kier alpha value is -1.79. The minimum Gasteiger partial charge on any atom is -0.300 e. The predicted molar refractivity (Wildman–Crippen MR) is 103 cm³/mol. The highest BCUT2D eigenvalue weighted by Crippen LogP contribution is 2.43. The molecule has 1 saturated carbocycles. The topological polar surface area (TPSA) is 34.0 Å². The Labute approximate surface area is 156 Å². The summed E-state index contributed by atoms with van der Waals surface area (Å²) in [6.07, 6.45) is 7.12. The van der Waals surface area contributed by atoms with Gasteiger partial charge in [-0.2, -0.15) is 5.10 Å². The molecule has 0 unspecified atom stereocenters. The van der Waals surface area contributed by atoms with Gasteiger partial charge in [-0.05, 0) is 43.4 Å². The Morgan fingerprint density at radius 3 is 2.69 bits per heavy atom. The van der Waals surface area contributed by atoms with Crippen LogP contribution in [-0.2, 0) is 7.05 Å². The van der Waals surface area contributed by atoms with Crippen LogP contribution in [0.3, 0.4) is 0 Å². The third-order valence-corrected chi connectivity index (χ3v) is 7.06. The number of halogens is 1. The van der Waals surface area contributed by atoms with E-state index in [1.807, 2.05) is 35.5 Å². The molecule has 0 N–H and O–H groups in total. The second kappa shape index (κ2) is 6.43. The van der Waals surface area contributed by atoms with Gasteiger partial charge in [-0.3, -0.25) is 4.68 Å². The highest BCUT2D eigenvalue weighted by molar-refractivity contribution is 7.18. The van der Waals surface area contributed by atoms with Crippen molar-refractivity contribution in [3.63, 3.8) is 0 Å². The molecule has 3 heterocycles. The maximum Gasteiger partial charge on any atom is 0.103 e. The molecule has 5 rings (SSSR count). The number of rotatable bonds is 3. The average molecular weight is 369 g/mol. The lowest BCUT2D eigenvalue weighted by Crippen LogP contribution is -2.47. The van der Waals surface area contributed by atoms with E-state index in [-0.39, 0.29) is 0 Å². The van der Waals surface area contributed by atoms with Gasteiger partial charge >= 0.3 is 0 Å². The van der Waals surface area contributed by atoms with E-state index in [1.165, 1.54) is 28.1 Å². The van der Waals surface area contributed by atoms with Crippen LogP contribution in [0.2, 0.25) is 0 Å². The van der Waals surface area contributed by atoms with Crippen molar-refractivity contribution in [2.24, 2.45) is 7.05 Å². The molecular formula is C20H23FN4S. The third kappa shape index (κ3) is 2.95. The number of fused-ring (bicyclic) bond motifs is 1. The zero-order valence-electron chi connectivity index (χ0n) is 14.9. The Bertz CT molecular complexity index is 919. The summed E-state index contributed by atoms with van der Waals surface area (Å²) in [7, 11) is 1.94. The lowest BCUT2D eigenvalue weighted by Gasteiger charge is -2.44. The van der Waals surface area contributed by atoms with Gasteiger partial charge in [0.2, 0.25) is 0 Å². The zero-order valence-corrected chi connectivity index (χ0v) is 15.8. The van der Waals surface area contributed by atoms with Gasteiger partial charge in [0, 0.05) is 43.9 Å². The maximum atomic E-state index is 13.3. The van der Waals surface area contributed by atoms with Gasteiger partial charge < -0.3 is 4.90 Å². The summed E-state index contributed by atoms with van der Waals surface area (Å²) in [4.78, 5) is 7.37. The summed E-state index contributed by atoms with van der Waals surface area (Å²) in [6, 6.07) is 7.12. The molecule has 1 aliphatic carbocycles. The molecule has 136 valence electrons. The molecule has 0 radical (unpaired) electrons. The SMILES string of the molecule is [11CH3]n1cc(-c2ccc3nc(C4CC(N5CCC(F)CC5)C4)sc3c2)cn1. The smallest absolute Gasteiger partial charge is 0.103 e. The van der Waals surface area contributed by atoms with Gasteiger partial charge in [-0.25, -0.2) is 9.37 Å². The van der Waals surface area contributed by atoms with Crippen LogP contribution in [0.4, 0.5) is 4.39 Å². The normalized spacial score (nSPS) is 24.8. The van der Waals surface area contributed by atoms with Crippen LogP contribution < -0.4 is 0 Å². The molecule has 0 spiro atoms. The molecular weight excluding hydrogens is 346 g/mol. The van der Waals surface area contributed by atoms with Gasteiger partial charge in [-0.15, -0.1) is 11.3 Å². The van der Waals surface area contributed by atoms with Crippen molar-refractivity contribution in [1.29, 1.82) is 0 Å². The van der Waals surface area contributed by atoms with Crippen molar-refractivity contribution in [2.75, 3.05) is 13.1 Å². The number of aromatic nitrogens is 3. The second-order valence-electron chi connectivity index (χ2n) is 7.67. The number of hydrogen-bond acceptors (Lipinski definition) is 4. The molecule has 0 amide bonds. The van der Waals surface area contributed by atoms with E-state index in [9.17, 15) is 4.39 Å². The van der Waals surface area contributed by atoms with Gasteiger partial charge in [0.05, 0.1) is 21.4 Å². The van der Waals surface area contributed by atoms with Crippen LogP contribution in [0.5, 0.6) is 0 Å². The zero-order chi connectivity index (χ0) is 17.7. The van der Waals surface area contributed by atoms with E-state index < -0.39 is 6.17 Å². The van der Waals surface area contributed by atoms with E-state index in [1.54, 1.807) is 0 Å². The molecule has 2 aromatic heterocycles. The van der Waals surface area contributed by atoms with E-state index in [0.29, 0.717) is 24.8 Å². The van der Waals surface area contributed by atoms with Crippen LogP contribution >= 0.6 is 11.3 Å². The van der Waals surface area contributed by atoms with Crippen LogP contribution in [0.1, 0.15) is 36.6 Å². The quantitative estimate of drug-likeness (QED) is 0.687. The standard InChI is InChI=1S/C20H23FN4S/c1-24-12-15(11-22-24)13-2-3-18-19(10-13)26-20(23-18)14-8-17(9-14)25-6-4-16(21)5-7-25/h2-3,10-12,14,16-17H,4-9H2,1H3/i1-1. The Morgan fingerprint density at radius 1 is 1.15 bits per heavy atom. The monoisotopic (exact) mass is 369 g/mol. The van der Waals surface area contributed by atoms with Crippen molar-refractivity contribution in [2.45, 2.75) is 43.8 Å². The first-order valence-corrected chi connectivity index (χ1v) is 10.2. The van der Waals surface area contributed by atoms with Crippen molar-refractivity contribution >= 4 is 21.6 Å². The molecule has 4 nitrogen and oxygen atoms in total. The minimum atomic E-state index is -0.583. The lowest BCUT2D eigenvalue weighted by molar-refractivity contribution is 0.0610. The Kier molecular flexibility index (Phi) is 4.05. The van der Waals surface area contributed by atoms with E-state index in [4.69, 9.17) is 4.98 Å². The fraction of sp³-hybridized carbons (Fsp3) is 0.500. The number of piperidine rings is 1. The highest BCUT2D eigenvalue weighted by atomic mass is 32.1. The molecule has 1 aliphatic heterocycles. The Balaban J connectivity index is 1.30. The first kappa shape index (κ1) is 16.4. The van der Waals surface area contributed by atoms with Crippen molar-refractivity contribution in [3.8, 4) is 11.1 Å².